The van der Waals surface area contributed by atoms with Crippen molar-refractivity contribution in [3.05, 3.63) is 53.5 Å². The highest BCUT2D eigenvalue weighted by atomic mass is 32.2. The molecule has 2 heterocycles. The summed E-state index contributed by atoms with van der Waals surface area (Å²) in [6, 6.07) is 8.40. The SMILES string of the molecule is Cc1ccc(S(=O)(=O)N2CCC(NC(=O)c3coc(CN)c3)CC2)cc1. The largest absolute Gasteiger partial charge is 0.467 e. The third-order valence-electron chi connectivity index (χ3n) is 4.57. The average Bonchev–Trinajstić information content (AvgIpc) is 3.12. The Bertz CT molecular complexity index is 866. The highest BCUT2D eigenvalue weighted by Gasteiger charge is 2.30. The van der Waals surface area contributed by atoms with Gasteiger partial charge in [-0.25, -0.2) is 8.42 Å². The normalized spacial score (nSPS) is 16.5. The predicted octanol–water partition coefficient (Wildman–Crippen LogP) is 1.63. The molecule has 1 aromatic carbocycles. The van der Waals surface area contributed by atoms with Crippen LogP contribution < -0.4 is 11.1 Å². The Morgan fingerprint density at radius 1 is 1.27 bits per heavy atom. The fourth-order valence-corrected chi connectivity index (χ4v) is 4.44. The molecule has 7 nitrogen and oxygen atoms in total. The van der Waals surface area contributed by atoms with Gasteiger partial charge < -0.3 is 15.5 Å². The van der Waals surface area contributed by atoms with Crippen LogP contribution in [0.2, 0.25) is 0 Å². The number of carbonyl (C=O) groups is 1. The number of benzene rings is 1. The summed E-state index contributed by atoms with van der Waals surface area (Å²) < 4.78 is 32.0. The van der Waals surface area contributed by atoms with Gasteiger partial charge in [-0.15, -0.1) is 0 Å². The third kappa shape index (κ3) is 3.98. The predicted molar refractivity (Wildman–Crippen MR) is 97.0 cm³/mol. The van der Waals surface area contributed by atoms with Gasteiger partial charge in [0.1, 0.15) is 12.0 Å². The zero-order valence-electron chi connectivity index (χ0n) is 14.6. The molecule has 3 rings (SSSR count). The highest BCUT2D eigenvalue weighted by molar-refractivity contribution is 7.89. The fraction of sp³-hybridized carbons (Fsp3) is 0.389. The molecule has 8 heteroatoms. The maximum Gasteiger partial charge on any atom is 0.254 e. The molecule has 1 aromatic heterocycles. The molecule has 1 aliphatic rings. The number of piperidine rings is 1. The van der Waals surface area contributed by atoms with Crippen LogP contribution in [0.25, 0.3) is 0 Å². The number of hydrogen-bond acceptors (Lipinski definition) is 5. The van der Waals surface area contributed by atoms with Crippen LogP contribution in [0.3, 0.4) is 0 Å². The lowest BCUT2D eigenvalue weighted by atomic mass is 10.1. The summed E-state index contributed by atoms with van der Waals surface area (Å²) >= 11 is 0. The van der Waals surface area contributed by atoms with Crippen molar-refractivity contribution in [2.45, 2.75) is 37.2 Å². The smallest absolute Gasteiger partial charge is 0.254 e. The van der Waals surface area contributed by atoms with Crippen LogP contribution >= 0.6 is 0 Å². The van der Waals surface area contributed by atoms with Gasteiger partial charge in [0.2, 0.25) is 10.0 Å². The molecule has 3 N–H and O–H groups in total. The number of nitrogens with zero attached hydrogens (tertiary/aromatic N) is 1. The molecule has 0 bridgehead atoms. The Morgan fingerprint density at radius 3 is 2.50 bits per heavy atom. The molecule has 26 heavy (non-hydrogen) atoms. The molecule has 1 aliphatic heterocycles. The van der Waals surface area contributed by atoms with Gasteiger partial charge in [0.15, 0.2) is 0 Å². The monoisotopic (exact) mass is 377 g/mol. The lowest BCUT2D eigenvalue weighted by Crippen LogP contribution is -2.46. The first kappa shape index (κ1) is 18.6. The lowest BCUT2D eigenvalue weighted by molar-refractivity contribution is 0.0923. The molecular weight excluding hydrogens is 354 g/mol. The van der Waals surface area contributed by atoms with Gasteiger partial charge >= 0.3 is 0 Å². The van der Waals surface area contributed by atoms with E-state index in [2.05, 4.69) is 5.32 Å². The van der Waals surface area contributed by atoms with Crippen LogP contribution in [-0.2, 0) is 16.6 Å². The van der Waals surface area contributed by atoms with E-state index in [0.29, 0.717) is 42.2 Å². The molecule has 1 saturated heterocycles. The summed E-state index contributed by atoms with van der Waals surface area (Å²) in [5, 5.41) is 2.93. The highest BCUT2D eigenvalue weighted by Crippen LogP contribution is 2.21. The number of rotatable bonds is 5. The average molecular weight is 377 g/mol. The number of carbonyl (C=O) groups excluding carboxylic acids is 1. The number of aryl methyl sites for hydroxylation is 1. The molecule has 1 fully saturated rings. The molecule has 0 atom stereocenters. The number of hydrogen-bond donors (Lipinski definition) is 2. The van der Waals surface area contributed by atoms with E-state index >= 15 is 0 Å². The maximum atomic E-state index is 12.7. The lowest BCUT2D eigenvalue weighted by Gasteiger charge is -2.31. The van der Waals surface area contributed by atoms with Crippen LogP contribution in [0.1, 0.15) is 34.5 Å². The minimum Gasteiger partial charge on any atom is -0.467 e. The first-order valence-electron chi connectivity index (χ1n) is 8.55. The number of furan rings is 1. The summed E-state index contributed by atoms with van der Waals surface area (Å²) in [4.78, 5) is 12.5. The van der Waals surface area contributed by atoms with Gasteiger partial charge in [-0.1, -0.05) is 17.7 Å². The van der Waals surface area contributed by atoms with Crippen molar-refractivity contribution in [3.63, 3.8) is 0 Å². The van der Waals surface area contributed by atoms with Crippen LogP contribution in [0.5, 0.6) is 0 Å². The van der Waals surface area contributed by atoms with Gasteiger partial charge in [-0.3, -0.25) is 4.79 Å². The van der Waals surface area contributed by atoms with E-state index in [1.807, 2.05) is 6.92 Å². The Morgan fingerprint density at radius 2 is 1.92 bits per heavy atom. The topological polar surface area (TPSA) is 106 Å². The number of nitrogens with one attached hydrogen (secondary N) is 1. The molecule has 1 amide bonds. The van der Waals surface area contributed by atoms with Gasteiger partial charge in [0.05, 0.1) is 17.0 Å². The van der Waals surface area contributed by atoms with Crippen molar-refractivity contribution in [1.82, 2.24) is 9.62 Å². The van der Waals surface area contributed by atoms with Crippen LogP contribution in [0.4, 0.5) is 0 Å². The van der Waals surface area contributed by atoms with Gasteiger partial charge in [-0.2, -0.15) is 4.31 Å². The van der Waals surface area contributed by atoms with E-state index in [-0.39, 0.29) is 18.5 Å². The van der Waals surface area contributed by atoms with Crippen molar-refractivity contribution in [1.29, 1.82) is 0 Å². The minimum absolute atomic E-state index is 0.0665. The zero-order valence-corrected chi connectivity index (χ0v) is 15.5. The third-order valence-corrected chi connectivity index (χ3v) is 6.48. The molecular formula is C18H23N3O4S. The molecule has 2 aromatic rings. The standard InChI is InChI=1S/C18H23N3O4S/c1-13-2-4-17(5-3-13)26(23,24)21-8-6-15(7-9-21)20-18(22)14-10-16(11-19)25-12-14/h2-5,10,12,15H,6-9,11,19H2,1H3,(H,20,22). The van der Waals surface area contributed by atoms with Crippen LogP contribution in [0.15, 0.2) is 45.9 Å². The van der Waals surface area contributed by atoms with E-state index in [4.69, 9.17) is 10.2 Å². The summed E-state index contributed by atoms with van der Waals surface area (Å²) in [5.74, 6) is 0.322. The second kappa shape index (κ2) is 7.61. The van der Waals surface area contributed by atoms with Crippen molar-refractivity contribution in [2.75, 3.05) is 13.1 Å². The van der Waals surface area contributed by atoms with Gasteiger partial charge in [-0.05, 0) is 38.0 Å². The number of sulfonamides is 1. The van der Waals surface area contributed by atoms with E-state index < -0.39 is 10.0 Å². The minimum atomic E-state index is -3.49. The molecule has 0 saturated carbocycles. The zero-order chi connectivity index (χ0) is 18.7. The quantitative estimate of drug-likeness (QED) is 0.824. The van der Waals surface area contributed by atoms with Crippen molar-refractivity contribution in [3.8, 4) is 0 Å². The summed E-state index contributed by atoms with van der Waals surface area (Å²) in [7, 11) is -3.49. The van der Waals surface area contributed by atoms with Crippen LogP contribution in [0, 0.1) is 6.92 Å². The molecule has 0 radical (unpaired) electrons. The van der Waals surface area contributed by atoms with Crippen molar-refractivity contribution < 1.29 is 17.6 Å². The van der Waals surface area contributed by atoms with Crippen molar-refractivity contribution in [2.24, 2.45) is 5.73 Å². The Labute approximate surface area is 153 Å². The first-order valence-corrected chi connectivity index (χ1v) is 9.99. The first-order chi connectivity index (χ1) is 12.4. The summed E-state index contributed by atoms with van der Waals surface area (Å²) in [5.41, 5.74) is 6.92. The van der Waals surface area contributed by atoms with Gasteiger partial charge in [0, 0.05) is 19.1 Å². The fourth-order valence-electron chi connectivity index (χ4n) is 2.98. The van der Waals surface area contributed by atoms with E-state index in [1.54, 1.807) is 30.3 Å². The van der Waals surface area contributed by atoms with Crippen LogP contribution in [-0.4, -0.2) is 37.8 Å². The molecule has 0 unspecified atom stereocenters. The summed E-state index contributed by atoms with van der Waals surface area (Å²) in [6.45, 7) is 2.91. The molecule has 140 valence electrons. The second-order valence-corrected chi connectivity index (χ2v) is 8.41. The second-order valence-electron chi connectivity index (χ2n) is 6.47. The molecule has 0 aliphatic carbocycles. The van der Waals surface area contributed by atoms with E-state index in [0.717, 1.165) is 5.56 Å². The Kier molecular flexibility index (Phi) is 5.45. The Hall–Kier alpha value is -2.16. The summed E-state index contributed by atoms with van der Waals surface area (Å²) in [6.07, 6.45) is 2.52. The number of amides is 1. The van der Waals surface area contributed by atoms with Crippen molar-refractivity contribution >= 4 is 15.9 Å². The molecule has 0 spiro atoms. The van der Waals surface area contributed by atoms with E-state index in [1.165, 1.54) is 10.6 Å². The van der Waals surface area contributed by atoms with E-state index in [9.17, 15) is 13.2 Å². The Balaban J connectivity index is 1.58. The maximum absolute atomic E-state index is 12.7. The van der Waals surface area contributed by atoms with Gasteiger partial charge in [0.25, 0.3) is 5.91 Å². The number of nitrogens with two attached hydrogens (primary N) is 1.